The first kappa shape index (κ1) is 10.2. The largest absolute Gasteiger partial charge is 0.389 e. The smallest absolute Gasteiger partial charge is 0.111 e. The second-order valence-corrected chi connectivity index (χ2v) is 3.54. The van der Waals surface area contributed by atoms with E-state index in [-0.39, 0.29) is 0 Å². The van der Waals surface area contributed by atoms with E-state index in [0.29, 0.717) is 0 Å². The number of aliphatic hydroxyl groups excluding tert-OH is 5. The summed E-state index contributed by atoms with van der Waals surface area (Å²) in [5, 5.41) is 44.6. The summed E-state index contributed by atoms with van der Waals surface area (Å²) in [5.74, 6) is 0. The third kappa shape index (κ3) is 1.46. The van der Waals surface area contributed by atoms with Crippen molar-refractivity contribution in [3.8, 4) is 0 Å². The highest BCUT2D eigenvalue weighted by Crippen LogP contribution is 2.24. The van der Waals surface area contributed by atoms with Crippen molar-refractivity contribution in [2.45, 2.75) is 35.8 Å². The monoisotopic (exact) mass is 196 g/mol. The topological polar surface area (TPSA) is 101 Å². The maximum absolute atomic E-state index is 9.15. The molecule has 0 spiro atoms. The van der Waals surface area contributed by atoms with Crippen molar-refractivity contribution in [1.82, 2.24) is 0 Å². The van der Waals surface area contributed by atoms with Crippen LogP contribution in [0.3, 0.4) is 0 Å². The zero-order valence-electron chi connectivity index (χ0n) is 6.15. The number of rotatable bonds is 0. The van der Waals surface area contributed by atoms with Crippen LogP contribution in [0.2, 0.25) is 0 Å². The first-order chi connectivity index (χ1) is 5.46. The summed E-state index contributed by atoms with van der Waals surface area (Å²) < 4.78 is 0. The number of thiol groups is 1. The highest BCUT2D eigenvalue weighted by molar-refractivity contribution is 7.81. The molecule has 0 aromatic rings. The summed E-state index contributed by atoms with van der Waals surface area (Å²) in [7, 11) is 0. The lowest BCUT2D eigenvalue weighted by Gasteiger charge is -2.39. The minimum absolute atomic E-state index is 0.946. The quantitative estimate of drug-likeness (QED) is 0.233. The molecular weight excluding hydrogens is 184 g/mol. The van der Waals surface area contributed by atoms with Gasteiger partial charge in [0.2, 0.25) is 0 Å². The Kier molecular flexibility index (Phi) is 2.97. The van der Waals surface area contributed by atoms with Gasteiger partial charge in [0.05, 0.1) is 17.5 Å². The predicted octanol–water partition coefficient (Wildman–Crippen LogP) is -2.90. The molecule has 12 heavy (non-hydrogen) atoms. The van der Waals surface area contributed by atoms with Gasteiger partial charge in [-0.3, -0.25) is 0 Å². The molecule has 2 unspecified atom stereocenters. The van der Waals surface area contributed by atoms with Crippen molar-refractivity contribution in [2.75, 3.05) is 0 Å². The molecule has 1 rings (SSSR count). The van der Waals surface area contributed by atoms with Gasteiger partial charge in [-0.1, -0.05) is 0 Å². The summed E-state index contributed by atoms with van der Waals surface area (Å²) in [6.07, 6.45) is -7.13. The lowest BCUT2D eigenvalue weighted by atomic mass is 9.87. The summed E-state index contributed by atoms with van der Waals surface area (Å²) >= 11 is 3.78. The lowest BCUT2D eigenvalue weighted by molar-refractivity contribution is -0.172. The number of hydrogen-bond acceptors (Lipinski definition) is 6. The molecule has 1 fully saturated rings. The molecule has 5 nitrogen and oxygen atoms in total. The molecule has 72 valence electrons. The van der Waals surface area contributed by atoms with Gasteiger partial charge in [0.1, 0.15) is 18.3 Å². The van der Waals surface area contributed by atoms with E-state index in [1.54, 1.807) is 0 Å². The first-order valence-electron chi connectivity index (χ1n) is 3.55. The predicted molar refractivity (Wildman–Crippen MR) is 42.8 cm³/mol. The van der Waals surface area contributed by atoms with Crippen LogP contribution in [0.25, 0.3) is 0 Å². The Labute approximate surface area is 74.7 Å². The normalized spacial score (nSPS) is 55.5. The third-order valence-corrected chi connectivity index (χ3v) is 2.71. The molecule has 0 aromatic heterocycles. The molecule has 0 heterocycles. The zero-order chi connectivity index (χ0) is 9.46. The molecule has 6 atom stereocenters. The molecule has 1 aliphatic carbocycles. The number of hydrogen-bond donors (Lipinski definition) is 6. The van der Waals surface area contributed by atoms with Gasteiger partial charge in [-0.25, -0.2) is 0 Å². The van der Waals surface area contributed by atoms with Gasteiger partial charge in [0.25, 0.3) is 0 Å². The minimum Gasteiger partial charge on any atom is -0.389 e. The van der Waals surface area contributed by atoms with Crippen LogP contribution in [0.1, 0.15) is 0 Å². The maximum atomic E-state index is 9.15. The van der Waals surface area contributed by atoms with Gasteiger partial charge < -0.3 is 25.5 Å². The Morgan fingerprint density at radius 3 is 1.17 bits per heavy atom. The fourth-order valence-electron chi connectivity index (χ4n) is 1.21. The second kappa shape index (κ2) is 3.49. The Balaban J connectivity index is 2.76. The van der Waals surface area contributed by atoms with Crippen LogP contribution in [0.4, 0.5) is 0 Å². The van der Waals surface area contributed by atoms with Crippen LogP contribution in [0.15, 0.2) is 0 Å². The SMILES string of the molecule is OC1[C@H](O)[C@H](O)C(S)[C@H](O)[C@H]1O. The molecule has 6 heteroatoms. The van der Waals surface area contributed by atoms with E-state index in [0.717, 1.165) is 0 Å². The fraction of sp³-hybridized carbons (Fsp3) is 1.00. The number of aliphatic hydroxyl groups is 5. The molecule has 0 amide bonds. The maximum Gasteiger partial charge on any atom is 0.111 e. The summed E-state index contributed by atoms with van der Waals surface area (Å²) in [6.45, 7) is 0. The average molecular weight is 196 g/mol. The third-order valence-electron chi connectivity index (χ3n) is 2.10. The molecule has 1 aliphatic rings. The van der Waals surface area contributed by atoms with Gasteiger partial charge in [-0.05, 0) is 0 Å². The Hall–Kier alpha value is 0.150. The summed E-state index contributed by atoms with van der Waals surface area (Å²) in [5.41, 5.74) is 0. The van der Waals surface area contributed by atoms with E-state index in [9.17, 15) is 0 Å². The van der Waals surface area contributed by atoms with E-state index in [1.807, 2.05) is 0 Å². The molecule has 5 N–H and O–H groups in total. The lowest BCUT2D eigenvalue weighted by Crippen LogP contribution is -2.61. The Morgan fingerprint density at radius 1 is 0.583 bits per heavy atom. The summed E-state index contributed by atoms with van der Waals surface area (Å²) in [4.78, 5) is 0. The van der Waals surface area contributed by atoms with Crippen LogP contribution in [-0.4, -0.2) is 61.3 Å². The highest BCUT2D eigenvalue weighted by Gasteiger charge is 2.46. The van der Waals surface area contributed by atoms with Crippen LogP contribution in [0.5, 0.6) is 0 Å². The molecule has 1 saturated carbocycles. The average Bonchev–Trinajstić information content (AvgIpc) is 2.08. The van der Waals surface area contributed by atoms with E-state index >= 15 is 0 Å². The van der Waals surface area contributed by atoms with Crippen molar-refractivity contribution >= 4 is 12.6 Å². The van der Waals surface area contributed by atoms with Crippen molar-refractivity contribution in [3.05, 3.63) is 0 Å². The van der Waals surface area contributed by atoms with Crippen LogP contribution in [-0.2, 0) is 0 Å². The van der Waals surface area contributed by atoms with Crippen LogP contribution in [0, 0.1) is 0 Å². The zero-order valence-corrected chi connectivity index (χ0v) is 7.04. The Morgan fingerprint density at radius 2 is 0.833 bits per heavy atom. The van der Waals surface area contributed by atoms with Crippen molar-refractivity contribution in [1.29, 1.82) is 0 Å². The van der Waals surface area contributed by atoms with Gasteiger partial charge in [-0.15, -0.1) is 0 Å². The summed E-state index contributed by atoms with van der Waals surface area (Å²) in [6, 6.07) is 0. The molecular formula is C6H12O5S. The second-order valence-electron chi connectivity index (χ2n) is 2.94. The molecule has 0 aliphatic heterocycles. The van der Waals surface area contributed by atoms with Crippen molar-refractivity contribution in [2.24, 2.45) is 0 Å². The van der Waals surface area contributed by atoms with Crippen LogP contribution < -0.4 is 0 Å². The standard InChI is InChI=1S/C6H12O5S/c7-1-2(8)4(10)6(12)5(11)3(1)9/h1-12H/t1?,2-,3-,4-,5+,6?/m0/s1. The van der Waals surface area contributed by atoms with E-state index < -0.39 is 35.8 Å². The molecule has 0 aromatic carbocycles. The van der Waals surface area contributed by atoms with Crippen molar-refractivity contribution < 1.29 is 25.5 Å². The van der Waals surface area contributed by atoms with Crippen molar-refractivity contribution in [3.63, 3.8) is 0 Å². The molecule has 0 radical (unpaired) electrons. The first-order valence-corrected chi connectivity index (χ1v) is 4.07. The van der Waals surface area contributed by atoms with E-state index in [1.165, 1.54) is 0 Å². The molecule has 0 saturated heterocycles. The highest BCUT2D eigenvalue weighted by atomic mass is 32.1. The molecule has 0 bridgehead atoms. The Bertz CT molecular complexity index is 107. The van der Waals surface area contributed by atoms with Gasteiger partial charge in [0, 0.05) is 0 Å². The minimum atomic E-state index is -1.53. The van der Waals surface area contributed by atoms with Gasteiger partial charge >= 0.3 is 0 Å². The van der Waals surface area contributed by atoms with E-state index in [4.69, 9.17) is 25.5 Å². The van der Waals surface area contributed by atoms with Gasteiger partial charge in [0.15, 0.2) is 0 Å². The van der Waals surface area contributed by atoms with Gasteiger partial charge in [-0.2, -0.15) is 12.6 Å². The fourth-order valence-corrected chi connectivity index (χ4v) is 1.56. The van der Waals surface area contributed by atoms with E-state index in [2.05, 4.69) is 12.6 Å². The van der Waals surface area contributed by atoms with Crippen LogP contribution >= 0.6 is 12.6 Å².